The van der Waals surface area contributed by atoms with Crippen molar-refractivity contribution >= 4 is 11.8 Å². The number of benzene rings is 1. The summed E-state index contributed by atoms with van der Waals surface area (Å²) in [6, 6.07) is 9.82. The van der Waals surface area contributed by atoms with Gasteiger partial charge in [-0.1, -0.05) is 24.0 Å². The first-order valence-corrected chi connectivity index (χ1v) is 8.16. The minimum atomic E-state index is -0.919. The van der Waals surface area contributed by atoms with E-state index in [4.69, 9.17) is 5.73 Å². The maximum absolute atomic E-state index is 13.6. The van der Waals surface area contributed by atoms with Gasteiger partial charge in [-0.15, -0.1) is 0 Å². The van der Waals surface area contributed by atoms with Crippen molar-refractivity contribution < 1.29 is 14.0 Å². The molecule has 0 spiro atoms. The summed E-state index contributed by atoms with van der Waals surface area (Å²) in [5.74, 6) is 4.47. The number of carbonyl (C=O) groups is 2. The Morgan fingerprint density at radius 1 is 1.35 bits per heavy atom. The Balaban J connectivity index is 1.93. The lowest BCUT2D eigenvalue weighted by Gasteiger charge is -2.14. The fourth-order valence-corrected chi connectivity index (χ4v) is 2.88. The molecule has 1 saturated heterocycles. The summed E-state index contributed by atoms with van der Waals surface area (Å²) in [5.41, 5.74) is 5.88. The molecule has 2 aromatic rings. The van der Waals surface area contributed by atoms with Gasteiger partial charge in [0.05, 0.1) is 5.69 Å². The van der Waals surface area contributed by atoms with Gasteiger partial charge in [0.25, 0.3) is 5.91 Å². The molecule has 5 nitrogen and oxygen atoms in total. The van der Waals surface area contributed by atoms with Gasteiger partial charge in [0.15, 0.2) is 11.5 Å². The maximum atomic E-state index is 13.6. The SMILES string of the molecule is CN1CC[C@@](C)(C#Cc2cccc(-c3ccc(F)c(C(N)=O)n3)c2)C1=O. The van der Waals surface area contributed by atoms with Crippen LogP contribution in [0.3, 0.4) is 0 Å². The number of pyridine rings is 1. The molecule has 2 amide bonds. The summed E-state index contributed by atoms with van der Waals surface area (Å²) in [4.78, 5) is 29.2. The van der Waals surface area contributed by atoms with E-state index in [0.717, 1.165) is 6.07 Å². The molecule has 2 N–H and O–H groups in total. The van der Waals surface area contributed by atoms with Crippen molar-refractivity contribution in [2.45, 2.75) is 13.3 Å². The van der Waals surface area contributed by atoms with Gasteiger partial charge >= 0.3 is 0 Å². The molecule has 3 rings (SSSR count). The monoisotopic (exact) mass is 351 g/mol. The number of nitrogens with zero attached hydrogens (tertiary/aromatic N) is 2. The number of nitrogens with two attached hydrogens (primary N) is 1. The summed E-state index contributed by atoms with van der Waals surface area (Å²) < 4.78 is 13.6. The predicted octanol–water partition coefficient (Wildman–Crippen LogP) is 2.21. The fraction of sp³-hybridized carbons (Fsp3) is 0.250. The normalized spacial score (nSPS) is 19.2. The highest BCUT2D eigenvalue weighted by atomic mass is 19.1. The van der Waals surface area contributed by atoms with Crippen LogP contribution < -0.4 is 5.73 Å². The van der Waals surface area contributed by atoms with Crippen molar-refractivity contribution in [3.05, 3.63) is 53.5 Å². The first-order valence-electron chi connectivity index (χ1n) is 8.16. The molecular weight excluding hydrogens is 333 g/mol. The van der Waals surface area contributed by atoms with Crippen LogP contribution in [0, 0.1) is 23.1 Å². The summed E-state index contributed by atoms with van der Waals surface area (Å²) in [5, 5.41) is 0. The van der Waals surface area contributed by atoms with Crippen LogP contribution in [0.5, 0.6) is 0 Å². The highest BCUT2D eigenvalue weighted by molar-refractivity contribution is 5.91. The topological polar surface area (TPSA) is 76.3 Å². The second-order valence-corrected chi connectivity index (χ2v) is 6.53. The number of hydrogen-bond acceptors (Lipinski definition) is 3. The van der Waals surface area contributed by atoms with Crippen molar-refractivity contribution in [1.82, 2.24) is 9.88 Å². The van der Waals surface area contributed by atoms with E-state index >= 15 is 0 Å². The number of hydrogen-bond donors (Lipinski definition) is 1. The fourth-order valence-electron chi connectivity index (χ4n) is 2.88. The molecule has 1 aliphatic rings. The van der Waals surface area contributed by atoms with E-state index in [1.54, 1.807) is 30.1 Å². The Labute approximate surface area is 151 Å². The van der Waals surface area contributed by atoms with E-state index in [-0.39, 0.29) is 5.91 Å². The molecule has 1 aromatic heterocycles. The molecule has 1 fully saturated rings. The van der Waals surface area contributed by atoms with E-state index < -0.39 is 22.8 Å². The van der Waals surface area contributed by atoms with Crippen LogP contribution in [-0.4, -0.2) is 35.3 Å². The van der Waals surface area contributed by atoms with Crippen molar-refractivity contribution in [3.8, 4) is 23.1 Å². The number of amides is 2. The quantitative estimate of drug-likeness (QED) is 0.843. The third kappa shape index (κ3) is 3.29. The molecule has 0 unspecified atom stereocenters. The Morgan fingerprint density at radius 2 is 2.12 bits per heavy atom. The Morgan fingerprint density at radius 3 is 2.77 bits per heavy atom. The first kappa shape index (κ1) is 17.6. The van der Waals surface area contributed by atoms with Gasteiger partial charge in [-0.05, 0) is 37.6 Å². The lowest BCUT2D eigenvalue weighted by molar-refractivity contribution is -0.131. The molecule has 0 aliphatic carbocycles. The van der Waals surface area contributed by atoms with Crippen LogP contribution in [0.15, 0.2) is 36.4 Å². The van der Waals surface area contributed by atoms with Gasteiger partial charge in [0.1, 0.15) is 5.41 Å². The van der Waals surface area contributed by atoms with E-state index in [1.165, 1.54) is 6.07 Å². The van der Waals surface area contributed by atoms with Crippen molar-refractivity contribution in [3.63, 3.8) is 0 Å². The molecule has 132 valence electrons. The number of likely N-dealkylation sites (tertiary alicyclic amines) is 1. The average molecular weight is 351 g/mol. The van der Waals surface area contributed by atoms with Crippen LogP contribution in [0.1, 0.15) is 29.4 Å². The van der Waals surface area contributed by atoms with Crippen molar-refractivity contribution in [2.75, 3.05) is 13.6 Å². The van der Waals surface area contributed by atoms with Gasteiger partial charge in [0.2, 0.25) is 5.91 Å². The van der Waals surface area contributed by atoms with E-state index in [9.17, 15) is 14.0 Å². The molecule has 6 heteroatoms. The third-order valence-electron chi connectivity index (χ3n) is 4.49. The van der Waals surface area contributed by atoms with Crippen molar-refractivity contribution in [1.29, 1.82) is 0 Å². The highest BCUT2D eigenvalue weighted by Gasteiger charge is 2.39. The smallest absolute Gasteiger partial charge is 0.270 e. The van der Waals surface area contributed by atoms with Crippen LogP contribution >= 0.6 is 0 Å². The average Bonchev–Trinajstić information content (AvgIpc) is 2.88. The maximum Gasteiger partial charge on any atom is 0.270 e. The largest absolute Gasteiger partial charge is 0.364 e. The molecule has 1 aromatic carbocycles. The first-order chi connectivity index (χ1) is 12.3. The lowest BCUT2D eigenvalue weighted by atomic mass is 9.89. The molecule has 0 saturated carbocycles. The zero-order valence-corrected chi connectivity index (χ0v) is 14.5. The summed E-state index contributed by atoms with van der Waals surface area (Å²) in [6.07, 6.45) is 0.691. The Kier molecular flexibility index (Phi) is 4.47. The second-order valence-electron chi connectivity index (χ2n) is 6.53. The molecule has 1 atom stereocenters. The zero-order chi connectivity index (χ0) is 18.9. The van der Waals surface area contributed by atoms with Gasteiger partial charge in [-0.2, -0.15) is 0 Å². The number of halogens is 1. The van der Waals surface area contributed by atoms with Gasteiger partial charge in [-0.3, -0.25) is 9.59 Å². The Hall–Kier alpha value is -3.20. The molecule has 1 aliphatic heterocycles. The number of carbonyl (C=O) groups excluding carboxylic acids is 2. The lowest BCUT2D eigenvalue weighted by Crippen LogP contribution is -2.28. The van der Waals surface area contributed by atoms with Crippen LogP contribution in [0.25, 0.3) is 11.3 Å². The van der Waals surface area contributed by atoms with E-state index in [2.05, 4.69) is 16.8 Å². The van der Waals surface area contributed by atoms with E-state index in [0.29, 0.717) is 29.8 Å². The van der Waals surface area contributed by atoms with Gasteiger partial charge in [0, 0.05) is 24.7 Å². The Bertz CT molecular complexity index is 961. The number of primary amides is 1. The highest BCUT2D eigenvalue weighted by Crippen LogP contribution is 2.29. The molecule has 2 heterocycles. The number of aromatic nitrogens is 1. The molecule has 0 radical (unpaired) electrons. The third-order valence-corrected chi connectivity index (χ3v) is 4.49. The molecular formula is C20H18FN3O2. The summed E-state index contributed by atoms with van der Waals surface area (Å²) in [6.45, 7) is 2.54. The van der Waals surface area contributed by atoms with Crippen molar-refractivity contribution in [2.24, 2.45) is 11.1 Å². The zero-order valence-electron chi connectivity index (χ0n) is 14.5. The standard InChI is InChI=1S/C20H18FN3O2/c1-20(10-11-24(2)19(20)26)9-8-13-4-3-5-14(12-13)16-7-6-15(21)17(23-16)18(22)25/h3-7,12H,10-11H2,1-2H3,(H2,22,25)/t20-/m1/s1. The summed E-state index contributed by atoms with van der Waals surface area (Å²) >= 11 is 0. The minimum absolute atomic E-state index is 0.0208. The van der Waals surface area contributed by atoms with E-state index in [1.807, 2.05) is 13.0 Å². The van der Waals surface area contributed by atoms with Gasteiger partial charge < -0.3 is 10.6 Å². The number of rotatable bonds is 2. The van der Waals surface area contributed by atoms with Gasteiger partial charge in [-0.25, -0.2) is 9.37 Å². The minimum Gasteiger partial charge on any atom is -0.364 e. The van der Waals surface area contributed by atoms with Crippen LogP contribution in [0.2, 0.25) is 0 Å². The molecule has 0 bridgehead atoms. The summed E-state index contributed by atoms with van der Waals surface area (Å²) in [7, 11) is 1.77. The predicted molar refractivity (Wildman–Crippen MR) is 95.4 cm³/mol. The van der Waals surface area contributed by atoms with Crippen LogP contribution in [-0.2, 0) is 4.79 Å². The van der Waals surface area contributed by atoms with Crippen LogP contribution in [0.4, 0.5) is 4.39 Å². The second kappa shape index (κ2) is 6.60. The molecule has 26 heavy (non-hydrogen) atoms.